The summed E-state index contributed by atoms with van der Waals surface area (Å²) in [5.74, 6) is 0.703. The molecule has 2 heterocycles. The molecule has 4 rings (SSSR count). The van der Waals surface area contributed by atoms with Crippen molar-refractivity contribution < 1.29 is 9.53 Å². The first-order valence-electron chi connectivity index (χ1n) is 10.6. The molecular formula is C26H23N3O2S2. The number of nitrogens with zero attached hydrogens (tertiary/aromatic N) is 3. The first-order valence-corrected chi connectivity index (χ1v) is 11.8. The molecule has 1 saturated heterocycles. The van der Waals surface area contributed by atoms with Crippen LogP contribution in [0.25, 0.3) is 11.8 Å². The molecule has 1 aliphatic rings. The number of thiocarbonyl (C=S) groups is 1. The predicted molar refractivity (Wildman–Crippen MR) is 136 cm³/mol. The quantitative estimate of drug-likeness (QED) is 0.336. The van der Waals surface area contributed by atoms with Gasteiger partial charge in [0.1, 0.15) is 16.7 Å². The monoisotopic (exact) mass is 473 g/mol. The molecule has 1 amide bonds. The Morgan fingerprint density at radius 2 is 1.88 bits per heavy atom. The van der Waals surface area contributed by atoms with E-state index >= 15 is 0 Å². The van der Waals surface area contributed by atoms with E-state index in [0.29, 0.717) is 27.9 Å². The van der Waals surface area contributed by atoms with E-state index in [1.165, 1.54) is 11.8 Å². The molecule has 1 aliphatic heterocycles. The minimum atomic E-state index is -0.0308. The second-order valence-electron chi connectivity index (χ2n) is 7.64. The van der Waals surface area contributed by atoms with Gasteiger partial charge in [-0.25, -0.2) is 0 Å². The summed E-state index contributed by atoms with van der Waals surface area (Å²) in [7, 11) is 0. The van der Waals surface area contributed by atoms with E-state index in [2.05, 4.69) is 16.7 Å². The Morgan fingerprint density at radius 1 is 1.15 bits per heavy atom. The Morgan fingerprint density at radius 3 is 2.55 bits per heavy atom. The van der Waals surface area contributed by atoms with Crippen LogP contribution in [0.3, 0.4) is 0 Å². The summed E-state index contributed by atoms with van der Waals surface area (Å²) >= 11 is 6.68. The van der Waals surface area contributed by atoms with Crippen LogP contribution in [0.5, 0.6) is 5.75 Å². The van der Waals surface area contributed by atoms with E-state index < -0.39 is 0 Å². The summed E-state index contributed by atoms with van der Waals surface area (Å²) in [6, 6.07) is 19.6. The summed E-state index contributed by atoms with van der Waals surface area (Å²) in [6.07, 6.45) is 1.93. The molecule has 0 radical (unpaired) electrons. The smallest absolute Gasteiger partial charge is 0.266 e. The third-order valence-electron chi connectivity index (χ3n) is 5.57. The van der Waals surface area contributed by atoms with E-state index in [-0.39, 0.29) is 5.91 Å². The molecule has 3 aromatic rings. The Balaban J connectivity index is 1.54. The lowest BCUT2D eigenvalue weighted by Crippen LogP contribution is -2.27. The molecule has 166 valence electrons. The zero-order valence-corrected chi connectivity index (χ0v) is 20.3. The predicted octanol–water partition coefficient (Wildman–Crippen LogP) is 5.77. The molecule has 7 heteroatoms. The zero-order chi connectivity index (χ0) is 23.5. The Bertz CT molecular complexity index is 1300. The molecule has 2 aromatic carbocycles. The molecular weight excluding hydrogens is 450 g/mol. The van der Waals surface area contributed by atoms with Crippen molar-refractivity contribution in [1.29, 1.82) is 5.26 Å². The van der Waals surface area contributed by atoms with Crippen molar-refractivity contribution in [2.45, 2.75) is 27.4 Å². The van der Waals surface area contributed by atoms with E-state index in [1.807, 2.05) is 69.3 Å². The minimum Gasteiger partial charge on any atom is -0.489 e. The molecule has 0 bridgehead atoms. The first kappa shape index (κ1) is 22.8. The number of amides is 1. The van der Waals surface area contributed by atoms with Crippen molar-refractivity contribution in [2.24, 2.45) is 0 Å². The number of carbonyl (C=O) groups excluding carboxylic acids is 1. The van der Waals surface area contributed by atoms with Gasteiger partial charge in [-0.05, 0) is 68.8 Å². The molecule has 1 fully saturated rings. The number of carbonyl (C=O) groups is 1. The van der Waals surface area contributed by atoms with Crippen molar-refractivity contribution in [3.05, 3.63) is 87.6 Å². The average molecular weight is 474 g/mol. The average Bonchev–Trinajstić information content (AvgIpc) is 3.26. The Hall–Kier alpha value is -3.34. The van der Waals surface area contributed by atoms with Gasteiger partial charge in [0, 0.05) is 29.2 Å². The van der Waals surface area contributed by atoms with Crippen LogP contribution in [0, 0.1) is 25.2 Å². The van der Waals surface area contributed by atoms with Crippen molar-refractivity contribution in [3.8, 4) is 17.5 Å². The maximum absolute atomic E-state index is 12.6. The van der Waals surface area contributed by atoms with Crippen LogP contribution >= 0.6 is 24.0 Å². The van der Waals surface area contributed by atoms with Gasteiger partial charge in [-0.2, -0.15) is 5.26 Å². The first-order chi connectivity index (χ1) is 15.9. The summed E-state index contributed by atoms with van der Waals surface area (Å²) in [5.41, 5.74) is 5.61. The highest BCUT2D eigenvalue weighted by Gasteiger charge is 2.30. The van der Waals surface area contributed by atoms with Crippen LogP contribution in [-0.4, -0.2) is 26.2 Å². The Kier molecular flexibility index (Phi) is 6.68. The van der Waals surface area contributed by atoms with E-state index in [4.69, 9.17) is 17.0 Å². The van der Waals surface area contributed by atoms with Gasteiger partial charge in [-0.15, -0.1) is 0 Å². The number of hydrogen-bond donors (Lipinski definition) is 0. The number of benzene rings is 2. The number of aromatic nitrogens is 1. The number of ether oxygens (including phenoxy) is 1. The highest BCUT2D eigenvalue weighted by atomic mass is 32.2. The third-order valence-corrected chi connectivity index (χ3v) is 6.95. The maximum Gasteiger partial charge on any atom is 0.266 e. The van der Waals surface area contributed by atoms with Gasteiger partial charge >= 0.3 is 0 Å². The standard InChI is InChI=1S/C26H23N3O2S2/c1-4-28-25(30)24(33-26(28)32)14-21-13-17(2)29(18(21)3)22-9-11-23(12-10-22)31-16-20-8-6-5-7-19(20)15-27/h5-14H,4,16H2,1-3H3/b24-14-. The van der Waals surface area contributed by atoms with Crippen LogP contribution in [0.1, 0.15) is 35.0 Å². The number of nitriles is 1. The molecule has 0 atom stereocenters. The highest BCUT2D eigenvalue weighted by Crippen LogP contribution is 2.34. The van der Waals surface area contributed by atoms with E-state index in [1.54, 1.807) is 11.0 Å². The lowest BCUT2D eigenvalue weighted by atomic mass is 10.1. The van der Waals surface area contributed by atoms with Crippen molar-refractivity contribution in [1.82, 2.24) is 9.47 Å². The topological polar surface area (TPSA) is 58.3 Å². The largest absolute Gasteiger partial charge is 0.489 e. The van der Waals surface area contributed by atoms with Crippen molar-refractivity contribution in [3.63, 3.8) is 0 Å². The SMILES string of the molecule is CCN1C(=O)/C(=C/c2cc(C)n(-c3ccc(OCc4ccccc4C#N)cc3)c2C)SC1=S. The van der Waals surface area contributed by atoms with Gasteiger partial charge in [-0.1, -0.05) is 42.2 Å². The lowest BCUT2D eigenvalue weighted by molar-refractivity contribution is -0.121. The molecule has 0 aliphatic carbocycles. The third kappa shape index (κ3) is 4.58. The summed E-state index contributed by atoms with van der Waals surface area (Å²) in [4.78, 5) is 14.9. The number of hydrogen-bond acceptors (Lipinski definition) is 5. The molecule has 0 spiro atoms. The number of thioether (sulfide) groups is 1. The van der Waals surface area contributed by atoms with E-state index in [0.717, 1.165) is 34.0 Å². The molecule has 0 unspecified atom stereocenters. The molecule has 5 nitrogen and oxygen atoms in total. The van der Waals surface area contributed by atoms with Gasteiger partial charge in [-0.3, -0.25) is 9.69 Å². The van der Waals surface area contributed by atoms with Crippen LogP contribution in [0.2, 0.25) is 0 Å². The van der Waals surface area contributed by atoms with Crippen LogP contribution in [-0.2, 0) is 11.4 Å². The van der Waals surface area contributed by atoms with Gasteiger partial charge < -0.3 is 9.30 Å². The normalized spacial score (nSPS) is 14.7. The van der Waals surface area contributed by atoms with Crippen LogP contribution < -0.4 is 4.74 Å². The second kappa shape index (κ2) is 9.65. The summed E-state index contributed by atoms with van der Waals surface area (Å²) in [6.45, 7) is 6.94. The maximum atomic E-state index is 12.6. The molecule has 0 N–H and O–H groups in total. The molecule has 1 aromatic heterocycles. The fraction of sp³-hybridized carbons (Fsp3) is 0.192. The van der Waals surface area contributed by atoms with Crippen LogP contribution in [0.4, 0.5) is 0 Å². The minimum absolute atomic E-state index is 0.0308. The van der Waals surface area contributed by atoms with Crippen molar-refractivity contribution >= 4 is 40.3 Å². The van der Waals surface area contributed by atoms with E-state index in [9.17, 15) is 10.1 Å². The van der Waals surface area contributed by atoms with Gasteiger partial charge in [0.25, 0.3) is 5.91 Å². The fourth-order valence-electron chi connectivity index (χ4n) is 3.85. The summed E-state index contributed by atoms with van der Waals surface area (Å²) < 4.78 is 8.66. The zero-order valence-electron chi connectivity index (χ0n) is 18.7. The molecule has 0 saturated carbocycles. The van der Waals surface area contributed by atoms with Crippen LogP contribution in [0.15, 0.2) is 59.5 Å². The summed E-state index contributed by atoms with van der Waals surface area (Å²) in [5, 5.41) is 9.23. The van der Waals surface area contributed by atoms with Gasteiger partial charge in [0.2, 0.25) is 0 Å². The number of aryl methyl sites for hydroxylation is 1. The number of likely N-dealkylation sites (N-methyl/N-ethyl adjacent to an activating group) is 1. The fourth-order valence-corrected chi connectivity index (χ4v) is 5.23. The highest BCUT2D eigenvalue weighted by molar-refractivity contribution is 8.26. The second-order valence-corrected chi connectivity index (χ2v) is 9.32. The molecule has 33 heavy (non-hydrogen) atoms. The van der Waals surface area contributed by atoms with Crippen molar-refractivity contribution in [2.75, 3.05) is 6.54 Å². The Labute approximate surface area is 203 Å². The van der Waals surface area contributed by atoms with Gasteiger partial charge in [0.15, 0.2) is 0 Å². The lowest BCUT2D eigenvalue weighted by Gasteiger charge is -2.12. The number of rotatable bonds is 6. The van der Waals surface area contributed by atoms with Gasteiger partial charge in [0.05, 0.1) is 16.5 Å².